The second-order valence-electron chi connectivity index (χ2n) is 6.52. The molecule has 2 heterocycles. The normalized spacial score (nSPS) is 23.0. The lowest BCUT2D eigenvalue weighted by molar-refractivity contribution is -0.384. The Morgan fingerprint density at radius 2 is 2.00 bits per heavy atom. The Morgan fingerprint density at radius 1 is 1.26 bits per heavy atom. The molecule has 1 aromatic rings. The number of benzene rings is 1. The molecule has 0 aliphatic carbocycles. The van der Waals surface area contributed by atoms with Crippen LogP contribution in [0, 0.1) is 21.4 Å². The number of likely N-dealkylation sites (tertiary alicyclic amines) is 1. The molecule has 1 atom stereocenters. The van der Waals surface area contributed by atoms with Gasteiger partial charge in [-0.25, -0.2) is 0 Å². The molecule has 0 spiro atoms. The Kier molecular flexibility index (Phi) is 4.49. The first-order valence-electron chi connectivity index (χ1n) is 8.29. The summed E-state index contributed by atoms with van der Waals surface area (Å²) in [5.41, 5.74) is 1.01. The van der Waals surface area contributed by atoms with Gasteiger partial charge < -0.3 is 4.90 Å². The molecule has 3 rings (SSSR count). The molecule has 0 saturated carbocycles. The molecule has 0 aromatic heterocycles. The van der Waals surface area contributed by atoms with Gasteiger partial charge in [0.25, 0.3) is 5.69 Å². The van der Waals surface area contributed by atoms with Crippen molar-refractivity contribution in [3.8, 4) is 6.07 Å². The molecule has 0 radical (unpaired) electrons. The lowest BCUT2D eigenvalue weighted by atomic mass is 10.0. The minimum Gasteiger partial charge on any atom is -0.366 e. The van der Waals surface area contributed by atoms with E-state index in [1.54, 1.807) is 12.1 Å². The van der Waals surface area contributed by atoms with Gasteiger partial charge in [0, 0.05) is 31.2 Å². The van der Waals surface area contributed by atoms with Gasteiger partial charge in [0.2, 0.25) is 0 Å². The highest BCUT2D eigenvalue weighted by atomic mass is 16.6. The minimum atomic E-state index is -0.384. The van der Waals surface area contributed by atoms with E-state index >= 15 is 0 Å². The van der Waals surface area contributed by atoms with Crippen molar-refractivity contribution >= 4 is 11.4 Å². The topological polar surface area (TPSA) is 73.4 Å². The third kappa shape index (κ3) is 3.15. The van der Waals surface area contributed by atoms with Crippen molar-refractivity contribution in [2.24, 2.45) is 0 Å². The number of nitro groups is 1. The second-order valence-corrected chi connectivity index (χ2v) is 6.52. The van der Waals surface area contributed by atoms with E-state index in [1.165, 1.54) is 25.5 Å². The molecule has 2 aliphatic heterocycles. The molecule has 23 heavy (non-hydrogen) atoms. The number of nitro benzene ring substituents is 1. The Morgan fingerprint density at radius 3 is 2.57 bits per heavy atom. The molecule has 0 amide bonds. The Hall–Kier alpha value is -2.13. The Labute approximate surface area is 136 Å². The van der Waals surface area contributed by atoms with Crippen molar-refractivity contribution in [1.29, 1.82) is 5.26 Å². The number of rotatable bonds is 3. The van der Waals surface area contributed by atoms with E-state index in [0.29, 0.717) is 23.3 Å². The van der Waals surface area contributed by atoms with E-state index in [-0.39, 0.29) is 10.6 Å². The third-order valence-corrected chi connectivity index (χ3v) is 5.18. The highest BCUT2D eigenvalue weighted by molar-refractivity contribution is 5.65. The lowest BCUT2D eigenvalue weighted by Crippen LogP contribution is -2.46. The number of nitrogens with zero attached hydrogens (tertiary/aromatic N) is 4. The van der Waals surface area contributed by atoms with Crippen LogP contribution >= 0.6 is 0 Å². The van der Waals surface area contributed by atoms with Gasteiger partial charge in [0.15, 0.2) is 0 Å². The zero-order valence-corrected chi connectivity index (χ0v) is 13.4. The largest absolute Gasteiger partial charge is 0.366 e. The molecule has 2 aliphatic rings. The molecule has 0 N–H and O–H groups in total. The highest BCUT2D eigenvalue weighted by Gasteiger charge is 2.32. The fourth-order valence-corrected chi connectivity index (χ4v) is 3.94. The standard InChI is InChI=1S/C17H22N4O2/c1-13-3-2-8-20(13)15-6-9-19(10-7-15)16-5-4-14(12-18)11-17(16)21(22)23/h4-5,11,13,15H,2-3,6-10H2,1H3. The van der Waals surface area contributed by atoms with Crippen LogP contribution in [-0.4, -0.2) is 41.5 Å². The molecule has 1 unspecified atom stereocenters. The van der Waals surface area contributed by atoms with Crippen LogP contribution in [0.5, 0.6) is 0 Å². The first kappa shape index (κ1) is 15.8. The number of hydrogen-bond acceptors (Lipinski definition) is 5. The summed E-state index contributed by atoms with van der Waals surface area (Å²) >= 11 is 0. The monoisotopic (exact) mass is 314 g/mol. The van der Waals surface area contributed by atoms with Crippen molar-refractivity contribution in [3.05, 3.63) is 33.9 Å². The zero-order valence-electron chi connectivity index (χ0n) is 13.4. The smallest absolute Gasteiger partial charge is 0.293 e. The van der Waals surface area contributed by atoms with E-state index in [4.69, 9.17) is 5.26 Å². The van der Waals surface area contributed by atoms with Gasteiger partial charge in [0.1, 0.15) is 5.69 Å². The number of hydrogen-bond donors (Lipinski definition) is 0. The number of nitriles is 1. The molecule has 6 heteroatoms. The summed E-state index contributed by atoms with van der Waals surface area (Å²) in [6, 6.07) is 7.99. The molecule has 6 nitrogen and oxygen atoms in total. The molecule has 2 fully saturated rings. The van der Waals surface area contributed by atoms with Crippen molar-refractivity contribution in [1.82, 2.24) is 4.90 Å². The Bertz CT molecular complexity index is 632. The van der Waals surface area contributed by atoms with E-state index in [0.717, 1.165) is 25.9 Å². The predicted octanol–water partition coefficient (Wildman–Crippen LogP) is 2.92. The fraction of sp³-hybridized carbons (Fsp3) is 0.588. The van der Waals surface area contributed by atoms with Gasteiger partial charge in [-0.15, -0.1) is 0 Å². The summed E-state index contributed by atoms with van der Waals surface area (Å²) < 4.78 is 0. The van der Waals surface area contributed by atoms with Crippen LogP contribution in [-0.2, 0) is 0 Å². The van der Waals surface area contributed by atoms with Gasteiger partial charge >= 0.3 is 0 Å². The van der Waals surface area contributed by atoms with Crippen LogP contribution in [0.1, 0.15) is 38.2 Å². The maximum absolute atomic E-state index is 11.3. The third-order valence-electron chi connectivity index (χ3n) is 5.18. The van der Waals surface area contributed by atoms with Crippen molar-refractivity contribution in [2.75, 3.05) is 24.5 Å². The van der Waals surface area contributed by atoms with Gasteiger partial charge in [-0.3, -0.25) is 15.0 Å². The Balaban J connectivity index is 1.72. The van der Waals surface area contributed by atoms with Crippen LogP contribution in [0.2, 0.25) is 0 Å². The summed E-state index contributed by atoms with van der Waals surface area (Å²) in [4.78, 5) is 15.6. The summed E-state index contributed by atoms with van der Waals surface area (Å²) in [6.07, 6.45) is 4.65. The van der Waals surface area contributed by atoms with Crippen molar-refractivity contribution in [2.45, 2.75) is 44.7 Å². The van der Waals surface area contributed by atoms with Crippen LogP contribution in [0.4, 0.5) is 11.4 Å². The van der Waals surface area contributed by atoms with E-state index < -0.39 is 0 Å². The minimum absolute atomic E-state index is 0.0389. The summed E-state index contributed by atoms with van der Waals surface area (Å²) in [6.45, 7) is 5.15. The molecule has 2 saturated heterocycles. The van der Waals surface area contributed by atoms with Gasteiger partial charge in [-0.2, -0.15) is 5.26 Å². The second kappa shape index (κ2) is 6.55. The predicted molar refractivity (Wildman–Crippen MR) is 88.4 cm³/mol. The maximum Gasteiger partial charge on any atom is 0.293 e. The SMILES string of the molecule is CC1CCCN1C1CCN(c2ccc(C#N)cc2[N+](=O)[O-])CC1. The average molecular weight is 314 g/mol. The number of anilines is 1. The van der Waals surface area contributed by atoms with Crippen LogP contribution in [0.3, 0.4) is 0 Å². The molecule has 122 valence electrons. The maximum atomic E-state index is 11.3. The van der Waals surface area contributed by atoms with Crippen LogP contribution in [0.15, 0.2) is 18.2 Å². The van der Waals surface area contributed by atoms with Crippen LogP contribution in [0.25, 0.3) is 0 Å². The van der Waals surface area contributed by atoms with E-state index in [9.17, 15) is 10.1 Å². The average Bonchev–Trinajstić information content (AvgIpc) is 3.00. The van der Waals surface area contributed by atoms with E-state index in [1.807, 2.05) is 6.07 Å². The highest BCUT2D eigenvalue weighted by Crippen LogP contribution is 2.33. The number of piperidine rings is 1. The summed E-state index contributed by atoms with van der Waals surface area (Å²) in [5.74, 6) is 0. The fourth-order valence-electron chi connectivity index (χ4n) is 3.94. The molecule has 1 aromatic carbocycles. The first-order valence-corrected chi connectivity index (χ1v) is 8.29. The van der Waals surface area contributed by atoms with Crippen molar-refractivity contribution in [3.63, 3.8) is 0 Å². The molecular formula is C17H22N4O2. The van der Waals surface area contributed by atoms with Gasteiger partial charge in [0.05, 0.1) is 16.6 Å². The quantitative estimate of drug-likeness (QED) is 0.633. The van der Waals surface area contributed by atoms with Gasteiger partial charge in [-0.1, -0.05) is 0 Å². The van der Waals surface area contributed by atoms with Crippen molar-refractivity contribution < 1.29 is 4.92 Å². The first-order chi connectivity index (χ1) is 11.1. The molecular weight excluding hydrogens is 292 g/mol. The van der Waals surface area contributed by atoms with Gasteiger partial charge in [-0.05, 0) is 51.3 Å². The van der Waals surface area contributed by atoms with E-state index in [2.05, 4.69) is 16.7 Å². The van der Waals surface area contributed by atoms with Crippen LogP contribution < -0.4 is 4.90 Å². The molecule has 0 bridgehead atoms. The summed E-state index contributed by atoms with van der Waals surface area (Å²) in [7, 11) is 0. The zero-order chi connectivity index (χ0) is 16.4. The lowest BCUT2D eigenvalue weighted by Gasteiger charge is -2.39. The summed E-state index contributed by atoms with van der Waals surface area (Å²) in [5, 5.41) is 20.2.